The van der Waals surface area contributed by atoms with Crippen LogP contribution in [0.15, 0.2) is 30.3 Å². The maximum absolute atomic E-state index is 11.5. The molecule has 1 rings (SSSR count). The molecule has 1 aromatic carbocycles. The summed E-state index contributed by atoms with van der Waals surface area (Å²) in [5, 5.41) is 2.80. The number of rotatable bonds is 6. The van der Waals surface area contributed by atoms with Gasteiger partial charge in [-0.3, -0.25) is 4.79 Å². The van der Waals surface area contributed by atoms with Gasteiger partial charge in [-0.1, -0.05) is 32.0 Å². The van der Waals surface area contributed by atoms with Crippen LogP contribution in [0.3, 0.4) is 0 Å². The summed E-state index contributed by atoms with van der Waals surface area (Å²) < 4.78 is 5.32. The van der Waals surface area contributed by atoms with Crippen molar-refractivity contribution in [3.8, 4) is 5.75 Å². The van der Waals surface area contributed by atoms with Crippen LogP contribution in [0.2, 0.25) is 0 Å². The Hall–Kier alpha value is -1.22. The minimum Gasteiger partial charge on any atom is -0.484 e. The van der Waals surface area contributed by atoms with Crippen LogP contribution in [-0.4, -0.2) is 24.9 Å². The maximum atomic E-state index is 11.5. The van der Waals surface area contributed by atoms with Crippen LogP contribution in [0.4, 0.5) is 0 Å². The summed E-state index contributed by atoms with van der Waals surface area (Å²) in [5.74, 6) is 1.07. The molecule has 4 heteroatoms. The Morgan fingerprint density at radius 3 is 2.59 bits per heavy atom. The minimum absolute atomic E-state index is 0.0301. The smallest absolute Gasteiger partial charge is 0.257 e. The van der Waals surface area contributed by atoms with Crippen molar-refractivity contribution in [2.24, 2.45) is 5.41 Å². The van der Waals surface area contributed by atoms with E-state index in [2.05, 4.69) is 5.32 Å². The molecule has 0 unspecified atom stereocenters. The number of carbonyl (C=O) groups excluding carboxylic acids is 1. The van der Waals surface area contributed by atoms with Gasteiger partial charge in [-0.15, -0.1) is 11.6 Å². The van der Waals surface area contributed by atoms with E-state index in [0.717, 1.165) is 0 Å². The zero-order valence-corrected chi connectivity index (χ0v) is 11.0. The molecule has 0 heterocycles. The second kappa shape index (κ2) is 6.50. The molecular weight excluding hydrogens is 238 g/mol. The van der Waals surface area contributed by atoms with Crippen LogP contribution in [0.1, 0.15) is 13.8 Å². The first-order valence-corrected chi connectivity index (χ1v) is 6.07. The van der Waals surface area contributed by atoms with E-state index < -0.39 is 0 Å². The van der Waals surface area contributed by atoms with Gasteiger partial charge in [0.15, 0.2) is 6.61 Å². The summed E-state index contributed by atoms with van der Waals surface area (Å²) >= 11 is 5.77. The normalized spacial score (nSPS) is 11.0. The number of alkyl halides is 1. The summed E-state index contributed by atoms with van der Waals surface area (Å²) in [4.78, 5) is 11.5. The Labute approximate surface area is 107 Å². The molecule has 94 valence electrons. The molecule has 0 atom stereocenters. The summed E-state index contributed by atoms with van der Waals surface area (Å²) in [5.41, 5.74) is -0.0933. The van der Waals surface area contributed by atoms with Crippen molar-refractivity contribution in [2.45, 2.75) is 13.8 Å². The van der Waals surface area contributed by atoms with Crippen LogP contribution in [0, 0.1) is 5.41 Å². The van der Waals surface area contributed by atoms with E-state index in [9.17, 15) is 4.79 Å². The van der Waals surface area contributed by atoms with E-state index in [1.54, 1.807) is 0 Å². The molecule has 0 saturated heterocycles. The van der Waals surface area contributed by atoms with E-state index in [4.69, 9.17) is 16.3 Å². The lowest BCUT2D eigenvalue weighted by molar-refractivity contribution is -0.123. The van der Waals surface area contributed by atoms with E-state index in [1.165, 1.54) is 0 Å². The van der Waals surface area contributed by atoms with Crippen LogP contribution in [0.5, 0.6) is 5.75 Å². The van der Waals surface area contributed by atoms with Gasteiger partial charge in [0.05, 0.1) is 0 Å². The zero-order chi connectivity index (χ0) is 12.7. The van der Waals surface area contributed by atoms with Gasteiger partial charge in [-0.05, 0) is 17.5 Å². The molecule has 17 heavy (non-hydrogen) atoms. The lowest BCUT2D eigenvalue weighted by Gasteiger charge is -2.21. The Morgan fingerprint density at radius 2 is 2.00 bits per heavy atom. The number of hydrogen-bond donors (Lipinski definition) is 1. The second-order valence-electron chi connectivity index (χ2n) is 4.68. The Morgan fingerprint density at radius 1 is 1.35 bits per heavy atom. The number of amides is 1. The van der Waals surface area contributed by atoms with Crippen molar-refractivity contribution < 1.29 is 9.53 Å². The highest BCUT2D eigenvalue weighted by atomic mass is 35.5. The molecule has 0 spiro atoms. The first-order chi connectivity index (χ1) is 8.03. The molecule has 1 N–H and O–H groups in total. The van der Waals surface area contributed by atoms with Gasteiger partial charge < -0.3 is 10.1 Å². The summed E-state index contributed by atoms with van der Waals surface area (Å²) in [6, 6.07) is 9.26. The lowest BCUT2D eigenvalue weighted by atomic mass is 9.97. The van der Waals surface area contributed by atoms with Crippen molar-refractivity contribution in [3.63, 3.8) is 0 Å². The van der Waals surface area contributed by atoms with E-state index in [1.807, 2.05) is 44.2 Å². The van der Waals surface area contributed by atoms with Gasteiger partial charge >= 0.3 is 0 Å². The number of ether oxygens (including phenoxy) is 1. The topological polar surface area (TPSA) is 38.3 Å². The number of hydrogen-bond acceptors (Lipinski definition) is 2. The van der Waals surface area contributed by atoms with Crippen LogP contribution >= 0.6 is 11.6 Å². The van der Waals surface area contributed by atoms with Crippen LogP contribution in [-0.2, 0) is 4.79 Å². The van der Waals surface area contributed by atoms with Crippen molar-refractivity contribution in [2.75, 3.05) is 19.0 Å². The lowest BCUT2D eigenvalue weighted by Crippen LogP contribution is -2.37. The summed E-state index contributed by atoms with van der Waals surface area (Å²) in [7, 11) is 0. The standard InChI is InChI=1S/C13H18ClNO2/c1-13(2,9-14)10-15-12(16)8-17-11-6-4-3-5-7-11/h3-7H,8-10H2,1-2H3,(H,15,16). The monoisotopic (exact) mass is 255 g/mol. The van der Waals surface area contributed by atoms with Gasteiger partial charge in [0.2, 0.25) is 0 Å². The highest BCUT2D eigenvalue weighted by Gasteiger charge is 2.17. The molecule has 0 aliphatic rings. The van der Waals surface area contributed by atoms with Crippen LogP contribution in [0.25, 0.3) is 0 Å². The van der Waals surface area contributed by atoms with Crippen molar-refractivity contribution in [3.05, 3.63) is 30.3 Å². The second-order valence-corrected chi connectivity index (χ2v) is 4.94. The number of benzene rings is 1. The van der Waals surface area contributed by atoms with Gasteiger partial charge in [0.1, 0.15) is 5.75 Å². The van der Waals surface area contributed by atoms with Crippen molar-refractivity contribution in [1.29, 1.82) is 0 Å². The zero-order valence-electron chi connectivity index (χ0n) is 10.2. The average Bonchev–Trinajstić information content (AvgIpc) is 2.35. The molecule has 0 aromatic heterocycles. The molecular formula is C13H18ClNO2. The SMILES string of the molecule is CC(C)(CCl)CNC(=O)COc1ccccc1. The molecule has 0 aliphatic heterocycles. The fourth-order valence-electron chi connectivity index (χ4n) is 1.10. The fourth-order valence-corrected chi connectivity index (χ4v) is 1.20. The number of nitrogens with one attached hydrogen (secondary N) is 1. The summed E-state index contributed by atoms with van der Waals surface area (Å²) in [6.45, 7) is 4.58. The average molecular weight is 256 g/mol. The number of halogens is 1. The predicted molar refractivity (Wildman–Crippen MR) is 69.4 cm³/mol. The van der Waals surface area contributed by atoms with E-state index in [-0.39, 0.29) is 17.9 Å². The molecule has 0 radical (unpaired) electrons. The third-order valence-electron chi connectivity index (χ3n) is 2.24. The van der Waals surface area contributed by atoms with Crippen molar-refractivity contribution >= 4 is 17.5 Å². The van der Waals surface area contributed by atoms with Gasteiger partial charge in [0.25, 0.3) is 5.91 Å². The summed E-state index contributed by atoms with van der Waals surface area (Å²) in [6.07, 6.45) is 0. The third-order valence-corrected chi connectivity index (χ3v) is 2.96. The molecule has 0 saturated carbocycles. The maximum Gasteiger partial charge on any atom is 0.257 e. The number of para-hydroxylation sites is 1. The largest absolute Gasteiger partial charge is 0.484 e. The number of carbonyl (C=O) groups is 1. The molecule has 0 bridgehead atoms. The van der Waals surface area contributed by atoms with Gasteiger partial charge in [-0.2, -0.15) is 0 Å². The first-order valence-electron chi connectivity index (χ1n) is 5.54. The Bertz CT molecular complexity index is 352. The molecule has 0 aliphatic carbocycles. The molecule has 3 nitrogen and oxygen atoms in total. The van der Waals surface area contributed by atoms with E-state index in [0.29, 0.717) is 18.2 Å². The predicted octanol–water partition coefficient (Wildman–Crippen LogP) is 2.45. The third kappa shape index (κ3) is 5.59. The fraction of sp³-hybridized carbons (Fsp3) is 0.462. The Balaban J connectivity index is 2.27. The Kier molecular flexibility index (Phi) is 5.29. The van der Waals surface area contributed by atoms with Crippen LogP contribution < -0.4 is 10.1 Å². The van der Waals surface area contributed by atoms with Gasteiger partial charge in [0, 0.05) is 12.4 Å². The quantitative estimate of drug-likeness (QED) is 0.793. The van der Waals surface area contributed by atoms with Crippen molar-refractivity contribution in [1.82, 2.24) is 5.32 Å². The highest BCUT2D eigenvalue weighted by Crippen LogP contribution is 2.15. The first kappa shape index (κ1) is 13.8. The molecule has 0 fully saturated rings. The molecule has 1 amide bonds. The molecule has 1 aromatic rings. The van der Waals surface area contributed by atoms with Gasteiger partial charge in [-0.25, -0.2) is 0 Å². The highest BCUT2D eigenvalue weighted by molar-refractivity contribution is 6.18. The minimum atomic E-state index is -0.132. The van der Waals surface area contributed by atoms with E-state index >= 15 is 0 Å².